The summed E-state index contributed by atoms with van der Waals surface area (Å²) in [5, 5.41) is 15.6. The van der Waals surface area contributed by atoms with Crippen molar-refractivity contribution in [2.24, 2.45) is 0 Å². The molecule has 2 aromatic heterocycles. The monoisotopic (exact) mass is 421 g/mol. The zero-order chi connectivity index (χ0) is 20.8. The van der Waals surface area contributed by atoms with Crippen LogP contribution in [0.5, 0.6) is 0 Å². The molecule has 31 heavy (non-hydrogen) atoms. The molecule has 2 heterocycles. The largest absolute Gasteiger partial charge is 0.322 e. The third-order valence-electron chi connectivity index (χ3n) is 5.38. The van der Waals surface area contributed by atoms with Crippen LogP contribution in [0.3, 0.4) is 0 Å². The van der Waals surface area contributed by atoms with Gasteiger partial charge in [0.05, 0.1) is 11.0 Å². The number of hydrogen-bond acceptors (Lipinski definition) is 4. The van der Waals surface area contributed by atoms with Crippen molar-refractivity contribution in [2.45, 2.75) is 0 Å². The van der Waals surface area contributed by atoms with Crippen LogP contribution in [0.15, 0.2) is 84.9 Å². The summed E-state index contributed by atoms with van der Waals surface area (Å²) in [6.07, 6.45) is 0. The minimum absolute atomic E-state index is 0.611. The highest BCUT2D eigenvalue weighted by Gasteiger charge is 2.14. The standard InChI is InChI=1S/C25H16ClN5/c26-16-13-15-7-1-2-8-17(15)20(14-16)24-27-21-11-5-3-9-18(21)23(28-24)29-25-19-10-4-6-12-22(19)30-31-25/h1-14H,(H2,27,28,29,30,31). The maximum atomic E-state index is 6.43. The Hall–Kier alpha value is -3.96. The highest BCUT2D eigenvalue weighted by Crippen LogP contribution is 2.34. The number of para-hydroxylation sites is 2. The highest BCUT2D eigenvalue weighted by molar-refractivity contribution is 6.32. The number of H-pyrrole nitrogens is 1. The van der Waals surface area contributed by atoms with Crippen molar-refractivity contribution in [3.05, 3.63) is 90.0 Å². The zero-order valence-electron chi connectivity index (χ0n) is 16.3. The summed E-state index contributed by atoms with van der Waals surface area (Å²) in [6.45, 7) is 0. The second-order valence-electron chi connectivity index (χ2n) is 7.33. The Morgan fingerprint density at radius 3 is 2.35 bits per heavy atom. The van der Waals surface area contributed by atoms with Crippen LogP contribution in [-0.2, 0) is 0 Å². The first kappa shape index (κ1) is 17.9. The van der Waals surface area contributed by atoms with Crippen LogP contribution in [0.25, 0.3) is 44.0 Å². The Bertz CT molecular complexity index is 1590. The van der Waals surface area contributed by atoms with E-state index in [9.17, 15) is 0 Å². The normalized spacial score (nSPS) is 11.4. The van der Waals surface area contributed by atoms with Crippen LogP contribution in [0, 0.1) is 0 Å². The fourth-order valence-corrected chi connectivity index (χ4v) is 4.15. The third kappa shape index (κ3) is 3.07. The molecule has 4 aromatic carbocycles. The number of rotatable bonds is 3. The van der Waals surface area contributed by atoms with Crippen molar-refractivity contribution in [3.63, 3.8) is 0 Å². The van der Waals surface area contributed by atoms with Crippen LogP contribution in [0.1, 0.15) is 0 Å². The Morgan fingerprint density at radius 2 is 1.45 bits per heavy atom. The minimum atomic E-state index is 0.611. The predicted octanol–water partition coefficient (Wildman–Crippen LogP) is 6.72. The van der Waals surface area contributed by atoms with E-state index in [0.717, 1.165) is 44.0 Å². The molecular formula is C25H16ClN5. The molecule has 0 saturated carbocycles. The molecule has 2 N–H and O–H groups in total. The van der Waals surface area contributed by atoms with Crippen molar-refractivity contribution in [3.8, 4) is 11.4 Å². The first-order valence-electron chi connectivity index (χ1n) is 9.92. The van der Waals surface area contributed by atoms with Crippen LogP contribution in [-0.4, -0.2) is 20.2 Å². The van der Waals surface area contributed by atoms with E-state index in [1.165, 1.54) is 0 Å². The first-order valence-corrected chi connectivity index (χ1v) is 10.3. The van der Waals surface area contributed by atoms with E-state index in [1.54, 1.807) is 0 Å². The Balaban J connectivity index is 1.58. The Kier molecular flexibility index (Phi) is 4.08. The van der Waals surface area contributed by atoms with Gasteiger partial charge in [0.15, 0.2) is 11.6 Å². The van der Waals surface area contributed by atoms with Gasteiger partial charge >= 0.3 is 0 Å². The van der Waals surface area contributed by atoms with Crippen LogP contribution >= 0.6 is 11.6 Å². The van der Waals surface area contributed by atoms with Gasteiger partial charge in [-0.1, -0.05) is 60.1 Å². The summed E-state index contributed by atoms with van der Waals surface area (Å²) in [5.41, 5.74) is 2.70. The van der Waals surface area contributed by atoms with E-state index < -0.39 is 0 Å². The SMILES string of the molecule is Clc1cc(-c2nc(Nc3n[nH]c4ccccc34)c3ccccc3n2)c2ccccc2c1. The summed E-state index contributed by atoms with van der Waals surface area (Å²) in [7, 11) is 0. The Labute approximate surface area is 182 Å². The fraction of sp³-hybridized carbons (Fsp3) is 0. The number of aromatic nitrogens is 4. The molecule has 0 spiro atoms. The van der Waals surface area contributed by atoms with E-state index in [4.69, 9.17) is 21.6 Å². The van der Waals surface area contributed by atoms with Gasteiger partial charge in [-0.15, -0.1) is 0 Å². The quantitative estimate of drug-likeness (QED) is 0.332. The molecule has 5 nitrogen and oxygen atoms in total. The van der Waals surface area contributed by atoms with Gasteiger partial charge in [0.25, 0.3) is 0 Å². The van der Waals surface area contributed by atoms with Crippen molar-refractivity contribution in [1.82, 2.24) is 20.2 Å². The molecule has 0 bridgehead atoms. The molecule has 0 radical (unpaired) electrons. The molecule has 0 fully saturated rings. The second-order valence-corrected chi connectivity index (χ2v) is 7.77. The summed E-state index contributed by atoms with van der Waals surface area (Å²) in [6, 6.07) is 27.9. The average Bonchev–Trinajstić information content (AvgIpc) is 3.21. The van der Waals surface area contributed by atoms with Crippen molar-refractivity contribution in [1.29, 1.82) is 0 Å². The summed E-state index contributed by atoms with van der Waals surface area (Å²) in [5.74, 6) is 2.03. The number of nitrogens with one attached hydrogen (secondary N) is 2. The van der Waals surface area contributed by atoms with Crippen molar-refractivity contribution >= 4 is 55.8 Å². The molecule has 0 saturated heterocycles. The molecule has 0 aliphatic rings. The molecule has 0 unspecified atom stereocenters. The van der Waals surface area contributed by atoms with Gasteiger partial charge in [-0.25, -0.2) is 9.97 Å². The Morgan fingerprint density at radius 1 is 0.710 bits per heavy atom. The maximum Gasteiger partial charge on any atom is 0.162 e. The van der Waals surface area contributed by atoms with E-state index >= 15 is 0 Å². The number of hydrogen-bond donors (Lipinski definition) is 2. The van der Waals surface area contributed by atoms with Gasteiger partial charge < -0.3 is 5.32 Å². The lowest BCUT2D eigenvalue weighted by Gasteiger charge is -2.12. The second kappa shape index (κ2) is 7.07. The molecule has 0 aliphatic heterocycles. The molecule has 6 rings (SSSR count). The molecule has 6 heteroatoms. The molecule has 0 aliphatic carbocycles. The van der Waals surface area contributed by atoms with Gasteiger partial charge in [0.1, 0.15) is 5.82 Å². The van der Waals surface area contributed by atoms with Gasteiger partial charge in [-0.3, -0.25) is 5.10 Å². The van der Waals surface area contributed by atoms with Crippen molar-refractivity contribution < 1.29 is 0 Å². The number of halogens is 1. The summed E-state index contributed by atoms with van der Waals surface area (Å²) < 4.78 is 0. The van der Waals surface area contributed by atoms with Crippen LogP contribution in [0.4, 0.5) is 11.6 Å². The molecule has 0 amide bonds. The molecule has 6 aromatic rings. The van der Waals surface area contributed by atoms with Crippen LogP contribution in [0.2, 0.25) is 5.02 Å². The number of nitrogens with zero attached hydrogens (tertiary/aromatic N) is 3. The van der Waals surface area contributed by atoms with E-state index in [1.807, 2.05) is 78.9 Å². The first-order chi connectivity index (χ1) is 15.3. The van der Waals surface area contributed by atoms with Gasteiger partial charge in [-0.2, -0.15) is 5.10 Å². The molecule has 148 valence electrons. The average molecular weight is 422 g/mol. The molecular weight excluding hydrogens is 406 g/mol. The van der Waals surface area contributed by atoms with Crippen molar-refractivity contribution in [2.75, 3.05) is 5.32 Å². The van der Waals surface area contributed by atoms with Gasteiger partial charge in [-0.05, 0) is 47.2 Å². The van der Waals surface area contributed by atoms with E-state index in [-0.39, 0.29) is 0 Å². The summed E-state index contributed by atoms with van der Waals surface area (Å²) in [4.78, 5) is 9.76. The number of aromatic amines is 1. The third-order valence-corrected chi connectivity index (χ3v) is 5.60. The van der Waals surface area contributed by atoms with Crippen LogP contribution < -0.4 is 5.32 Å². The number of anilines is 2. The predicted molar refractivity (Wildman–Crippen MR) is 127 cm³/mol. The number of benzene rings is 4. The topological polar surface area (TPSA) is 66.5 Å². The van der Waals surface area contributed by atoms with Gasteiger partial charge in [0, 0.05) is 21.4 Å². The number of fused-ring (bicyclic) bond motifs is 3. The van der Waals surface area contributed by atoms with Gasteiger partial charge in [0.2, 0.25) is 0 Å². The maximum absolute atomic E-state index is 6.43. The summed E-state index contributed by atoms with van der Waals surface area (Å²) >= 11 is 6.43. The minimum Gasteiger partial charge on any atom is -0.322 e. The van der Waals surface area contributed by atoms with E-state index in [2.05, 4.69) is 21.6 Å². The lowest BCUT2D eigenvalue weighted by molar-refractivity contribution is 1.11. The lowest BCUT2D eigenvalue weighted by Crippen LogP contribution is -2.00. The lowest BCUT2D eigenvalue weighted by atomic mass is 10.0. The molecule has 0 atom stereocenters. The smallest absolute Gasteiger partial charge is 0.162 e. The van der Waals surface area contributed by atoms with E-state index in [0.29, 0.717) is 16.7 Å². The fourth-order valence-electron chi connectivity index (χ4n) is 3.92. The highest BCUT2D eigenvalue weighted by atomic mass is 35.5. The zero-order valence-corrected chi connectivity index (χ0v) is 17.1.